The highest BCUT2D eigenvalue weighted by Crippen LogP contribution is 2.27. The standard InChI is InChI=1S/C18H22N2O2/c1-4-10-22-18(21)15-11-14(19)8-9-17(15)20-16-7-5-6-12(2)13(16)3/h5-9,11,20H,4,10,19H2,1-3H3. The van der Waals surface area contributed by atoms with E-state index in [9.17, 15) is 4.79 Å². The van der Waals surface area contributed by atoms with Gasteiger partial charge in [0.05, 0.1) is 17.9 Å². The predicted molar refractivity (Wildman–Crippen MR) is 90.6 cm³/mol. The van der Waals surface area contributed by atoms with Gasteiger partial charge >= 0.3 is 5.97 Å². The summed E-state index contributed by atoms with van der Waals surface area (Å²) in [5.74, 6) is -0.359. The fourth-order valence-electron chi connectivity index (χ4n) is 2.14. The molecule has 0 aliphatic heterocycles. The molecular weight excluding hydrogens is 276 g/mol. The smallest absolute Gasteiger partial charge is 0.340 e. The number of benzene rings is 2. The summed E-state index contributed by atoms with van der Waals surface area (Å²) in [4.78, 5) is 12.2. The molecule has 4 heteroatoms. The van der Waals surface area contributed by atoms with Gasteiger partial charge in [0, 0.05) is 11.4 Å². The Morgan fingerprint density at radius 3 is 2.68 bits per heavy atom. The van der Waals surface area contributed by atoms with E-state index in [1.165, 1.54) is 5.56 Å². The van der Waals surface area contributed by atoms with Crippen molar-refractivity contribution in [1.82, 2.24) is 0 Å². The Labute approximate surface area is 131 Å². The topological polar surface area (TPSA) is 64.3 Å². The number of carbonyl (C=O) groups is 1. The maximum absolute atomic E-state index is 12.2. The monoisotopic (exact) mass is 298 g/mol. The summed E-state index contributed by atoms with van der Waals surface area (Å²) in [5, 5.41) is 3.31. The summed E-state index contributed by atoms with van der Waals surface area (Å²) in [6.07, 6.45) is 0.786. The Morgan fingerprint density at radius 1 is 1.18 bits per heavy atom. The van der Waals surface area contributed by atoms with Crippen LogP contribution < -0.4 is 11.1 Å². The molecule has 0 unspecified atom stereocenters. The van der Waals surface area contributed by atoms with Crippen molar-refractivity contribution in [3.05, 3.63) is 53.1 Å². The molecule has 0 radical (unpaired) electrons. The molecule has 0 aromatic heterocycles. The van der Waals surface area contributed by atoms with Crippen molar-refractivity contribution in [3.8, 4) is 0 Å². The van der Waals surface area contributed by atoms with Gasteiger partial charge in [-0.25, -0.2) is 4.79 Å². The van der Waals surface area contributed by atoms with Gasteiger partial charge in [-0.2, -0.15) is 0 Å². The first kappa shape index (κ1) is 15.9. The van der Waals surface area contributed by atoms with Gasteiger partial charge in [-0.1, -0.05) is 19.1 Å². The summed E-state index contributed by atoms with van der Waals surface area (Å²) in [7, 11) is 0. The molecule has 2 aromatic carbocycles. The van der Waals surface area contributed by atoms with Crippen molar-refractivity contribution in [3.63, 3.8) is 0 Å². The Balaban J connectivity index is 2.34. The summed E-state index contributed by atoms with van der Waals surface area (Å²) < 4.78 is 5.23. The van der Waals surface area contributed by atoms with E-state index in [4.69, 9.17) is 10.5 Å². The molecule has 0 fully saturated rings. The molecule has 0 aliphatic carbocycles. The quantitative estimate of drug-likeness (QED) is 0.641. The Morgan fingerprint density at radius 2 is 1.95 bits per heavy atom. The van der Waals surface area contributed by atoms with Crippen molar-refractivity contribution in [2.24, 2.45) is 0 Å². The van der Waals surface area contributed by atoms with Crippen LogP contribution >= 0.6 is 0 Å². The summed E-state index contributed by atoms with van der Waals surface area (Å²) >= 11 is 0. The molecule has 0 atom stereocenters. The molecule has 116 valence electrons. The zero-order valence-corrected chi connectivity index (χ0v) is 13.3. The number of nitrogen functional groups attached to an aromatic ring is 1. The summed E-state index contributed by atoms with van der Waals surface area (Å²) in [6, 6.07) is 11.2. The predicted octanol–water partition coefficient (Wildman–Crippen LogP) is 4.20. The molecule has 0 heterocycles. The van der Waals surface area contributed by atoms with Crippen LogP contribution in [-0.4, -0.2) is 12.6 Å². The number of ether oxygens (including phenoxy) is 1. The first-order chi connectivity index (χ1) is 10.5. The van der Waals surface area contributed by atoms with Crippen LogP contribution in [0.3, 0.4) is 0 Å². The number of aryl methyl sites for hydroxylation is 1. The molecular formula is C18H22N2O2. The van der Waals surface area contributed by atoms with E-state index in [2.05, 4.69) is 18.3 Å². The highest BCUT2D eigenvalue weighted by molar-refractivity contribution is 5.97. The van der Waals surface area contributed by atoms with E-state index in [0.717, 1.165) is 17.7 Å². The van der Waals surface area contributed by atoms with Crippen LogP contribution in [0.15, 0.2) is 36.4 Å². The molecule has 22 heavy (non-hydrogen) atoms. The summed E-state index contributed by atoms with van der Waals surface area (Å²) in [6.45, 7) is 6.46. The van der Waals surface area contributed by atoms with Crippen molar-refractivity contribution in [1.29, 1.82) is 0 Å². The van der Waals surface area contributed by atoms with Crippen molar-refractivity contribution in [2.75, 3.05) is 17.7 Å². The van der Waals surface area contributed by atoms with E-state index in [0.29, 0.717) is 23.5 Å². The van der Waals surface area contributed by atoms with E-state index < -0.39 is 0 Å². The highest BCUT2D eigenvalue weighted by atomic mass is 16.5. The zero-order chi connectivity index (χ0) is 16.1. The van der Waals surface area contributed by atoms with Gasteiger partial charge in [0.1, 0.15) is 0 Å². The second-order valence-electron chi connectivity index (χ2n) is 5.31. The Hall–Kier alpha value is -2.49. The fraction of sp³-hybridized carbons (Fsp3) is 0.278. The average molecular weight is 298 g/mol. The lowest BCUT2D eigenvalue weighted by Gasteiger charge is -2.15. The van der Waals surface area contributed by atoms with Crippen molar-refractivity contribution < 1.29 is 9.53 Å². The second kappa shape index (κ2) is 6.98. The van der Waals surface area contributed by atoms with E-state index in [-0.39, 0.29) is 5.97 Å². The van der Waals surface area contributed by atoms with E-state index in [1.54, 1.807) is 18.2 Å². The third kappa shape index (κ3) is 3.58. The molecule has 0 aliphatic rings. The molecule has 0 spiro atoms. The van der Waals surface area contributed by atoms with Gasteiger partial charge < -0.3 is 15.8 Å². The maximum Gasteiger partial charge on any atom is 0.340 e. The van der Waals surface area contributed by atoms with Gasteiger partial charge in [0.15, 0.2) is 0 Å². The van der Waals surface area contributed by atoms with Crippen LogP contribution in [0.5, 0.6) is 0 Å². The minimum Gasteiger partial charge on any atom is -0.462 e. The van der Waals surface area contributed by atoms with Crippen LogP contribution in [-0.2, 0) is 4.74 Å². The number of anilines is 3. The third-order valence-corrected chi connectivity index (χ3v) is 3.57. The van der Waals surface area contributed by atoms with Gasteiger partial charge in [0.25, 0.3) is 0 Å². The highest BCUT2D eigenvalue weighted by Gasteiger charge is 2.14. The Bertz CT molecular complexity index is 681. The van der Waals surface area contributed by atoms with Crippen LogP contribution in [0.4, 0.5) is 17.1 Å². The van der Waals surface area contributed by atoms with Crippen molar-refractivity contribution in [2.45, 2.75) is 27.2 Å². The normalized spacial score (nSPS) is 10.3. The maximum atomic E-state index is 12.2. The molecule has 4 nitrogen and oxygen atoms in total. The van der Waals surface area contributed by atoms with Gasteiger partial charge in [-0.05, 0) is 55.7 Å². The van der Waals surface area contributed by atoms with Gasteiger partial charge in [0.2, 0.25) is 0 Å². The van der Waals surface area contributed by atoms with Crippen LogP contribution in [0.1, 0.15) is 34.8 Å². The number of hydrogen-bond donors (Lipinski definition) is 2. The van der Waals surface area contributed by atoms with Gasteiger partial charge in [-0.15, -0.1) is 0 Å². The molecule has 0 saturated carbocycles. The second-order valence-corrected chi connectivity index (χ2v) is 5.31. The minimum atomic E-state index is -0.359. The number of nitrogens with two attached hydrogens (primary N) is 1. The number of rotatable bonds is 5. The largest absolute Gasteiger partial charge is 0.462 e. The summed E-state index contributed by atoms with van der Waals surface area (Å²) in [5.41, 5.74) is 10.8. The Kier molecular flexibility index (Phi) is 5.04. The van der Waals surface area contributed by atoms with E-state index in [1.807, 2.05) is 26.0 Å². The number of esters is 1. The first-order valence-corrected chi connectivity index (χ1v) is 7.42. The first-order valence-electron chi connectivity index (χ1n) is 7.42. The SMILES string of the molecule is CCCOC(=O)c1cc(N)ccc1Nc1cccc(C)c1C. The fourth-order valence-corrected chi connectivity index (χ4v) is 2.14. The number of hydrogen-bond acceptors (Lipinski definition) is 4. The number of carbonyl (C=O) groups excluding carboxylic acids is 1. The van der Waals surface area contributed by atoms with Crippen LogP contribution in [0.2, 0.25) is 0 Å². The molecule has 0 saturated heterocycles. The lowest BCUT2D eigenvalue weighted by atomic mass is 10.1. The van der Waals surface area contributed by atoms with Crippen LogP contribution in [0, 0.1) is 13.8 Å². The lowest BCUT2D eigenvalue weighted by molar-refractivity contribution is 0.0506. The van der Waals surface area contributed by atoms with Gasteiger partial charge in [-0.3, -0.25) is 0 Å². The molecule has 3 N–H and O–H groups in total. The van der Waals surface area contributed by atoms with Crippen molar-refractivity contribution >= 4 is 23.0 Å². The average Bonchev–Trinajstić information content (AvgIpc) is 2.51. The molecule has 2 aromatic rings. The van der Waals surface area contributed by atoms with Crippen LogP contribution in [0.25, 0.3) is 0 Å². The molecule has 2 rings (SSSR count). The third-order valence-electron chi connectivity index (χ3n) is 3.57. The zero-order valence-electron chi connectivity index (χ0n) is 13.3. The van der Waals surface area contributed by atoms with E-state index >= 15 is 0 Å². The molecule has 0 bridgehead atoms. The lowest BCUT2D eigenvalue weighted by Crippen LogP contribution is -2.10. The minimum absolute atomic E-state index is 0.359. The number of nitrogens with one attached hydrogen (secondary N) is 1. The molecule has 0 amide bonds.